The molecule has 0 aliphatic heterocycles. The van der Waals surface area contributed by atoms with Crippen LogP contribution in [0.25, 0.3) is 0 Å². The number of benzene rings is 2. The van der Waals surface area contributed by atoms with E-state index in [1.54, 1.807) is 6.07 Å². The van der Waals surface area contributed by atoms with Crippen LogP contribution in [0.2, 0.25) is 0 Å². The van der Waals surface area contributed by atoms with Crippen LogP contribution in [-0.4, -0.2) is 17.9 Å². The monoisotopic (exact) mass is 376 g/mol. The maximum atomic E-state index is 12.7. The topological polar surface area (TPSA) is 58.2 Å². The van der Waals surface area contributed by atoms with Crippen LogP contribution in [-0.2, 0) is 21.4 Å². The van der Waals surface area contributed by atoms with Gasteiger partial charge in [0.1, 0.15) is 0 Å². The highest BCUT2D eigenvalue weighted by Crippen LogP contribution is 2.43. The van der Waals surface area contributed by atoms with Crippen molar-refractivity contribution in [2.45, 2.75) is 50.5 Å². The summed E-state index contributed by atoms with van der Waals surface area (Å²) in [6.07, 6.45) is 6.10. The van der Waals surface area contributed by atoms with Gasteiger partial charge < -0.3 is 10.6 Å². The molecule has 2 aromatic carbocycles. The highest BCUT2D eigenvalue weighted by atomic mass is 16.2. The summed E-state index contributed by atoms with van der Waals surface area (Å²) >= 11 is 0. The second kappa shape index (κ2) is 8.87. The van der Waals surface area contributed by atoms with Gasteiger partial charge in [-0.05, 0) is 49.1 Å². The van der Waals surface area contributed by atoms with E-state index in [0.29, 0.717) is 5.69 Å². The molecule has 1 aliphatic rings. The average Bonchev–Trinajstić information content (AvgIpc) is 3.20. The standard InChI is InChI=1S/C24H28N2O2/c1-3-22(27)26-21-13-9-10-19(16-21)17-23(28)25-18(2)24(14-7-8-15-24)20-11-5-4-6-12-20/h3-6,9-13,16,18H,1,7-8,14-15,17H2,2H3,(H,25,28)(H,26,27). The molecule has 1 aliphatic carbocycles. The quantitative estimate of drug-likeness (QED) is 0.705. The van der Waals surface area contributed by atoms with Gasteiger partial charge in [-0.1, -0.05) is 61.9 Å². The van der Waals surface area contributed by atoms with Crippen LogP contribution in [0.4, 0.5) is 5.69 Å². The zero-order valence-corrected chi connectivity index (χ0v) is 16.4. The molecular formula is C24H28N2O2. The van der Waals surface area contributed by atoms with Gasteiger partial charge in [0.15, 0.2) is 0 Å². The first-order chi connectivity index (χ1) is 13.5. The van der Waals surface area contributed by atoms with Gasteiger partial charge in [-0.3, -0.25) is 9.59 Å². The van der Waals surface area contributed by atoms with Crippen molar-refractivity contribution in [3.63, 3.8) is 0 Å². The maximum Gasteiger partial charge on any atom is 0.247 e. The minimum atomic E-state index is -0.263. The molecule has 0 bridgehead atoms. The van der Waals surface area contributed by atoms with Crippen molar-refractivity contribution in [1.29, 1.82) is 0 Å². The number of carbonyl (C=O) groups excluding carboxylic acids is 2. The van der Waals surface area contributed by atoms with E-state index in [1.807, 2.05) is 24.3 Å². The SMILES string of the molecule is C=CC(=O)Nc1cccc(CC(=O)NC(C)C2(c3ccccc3)CCCC2)c1. The Labute approximate surface area is 167 Å². The fourth-order valence-corrected chi connectivity index (χ4v) is 4.32. The molecule has 1 atom stereocenters. The molecule has 2 aromatic rings. The third-order valence-corrected chi connectivity index (χ3v) is 5.80. The van der Waals surface area contributed by atoms with Crippen LogP contribution in [0, 0.1) is 0 Å². The molecule has 2 N–H and O–H groups in total. The Morgan fingerprint density at radius 1 is 1.11 bits per heavy atom. The average molecular weight is 377 g/mol. The van der Waals surface area contributed by atoms with Gasteiger partial charge in [-0.2, -0.15) is 0 Å². The Morgan fingerprint density at radius 2 is 1.82 bits per heavy atom. The van der Waals surface area contributed by atoms with Gasteiger partial charge in [0.2, 0.25) is 11.8 Å². The van der Waals surface area contributed by atoms with Crippen LogP contribution in [0.5, 0.6) is 0 Å². The van der Waals surface area contributed by atoms with E-state index in [4.69, 9.17) is 0 Å². The lowest BCUT2D eigenvalue weighted by molar-refractivity contribution is -0.121. The first kappa shape index (κ1) is 19.9. The van der Waals surface area contributed by atoms with Crippen LogP contribution in [0.1, 0.15) is 43.7 Å². The Morgan fingerprint density at radius 3 is 2.50 bits per heavy atom. The fourth-order valence-electron chi connectivity index (χ4n) is 4.32. The van der Waals surface area contributed by atoms with Crippen molar-refractivity contribution in [1.82, 2.24) is 5.32 Å². The predicted octanol–water partition coefficient (Wildman–Crippen LogP) is 4.37. The van der Waals surface area contributed by atoms with Crippen LogP contribution in [0.15, 0.2) is 67.3 Å². The van der Waals surface area contributed by atoms with Gasteiger partial charge >= 0.3 is 0 Å². The first-order valence-corrected chi connectivity index (χ1v) is 9.91. The largest absolute Gasteiger partial charge is 0.352 e. The van der Waals surface area contributed by atoms with E-state index in [-0.39, 0.29) is 29.7 Å². The molecule has 28 heavy (non-hydrogen) atoms. The van der Waals surface area contributed by atoms with Gasteiger partial charge in [0.05, 0.1) is 6.42 Å². The summed E-state index contributed by atoms with van der Waals surface area (Å²) in [5.41, 5.74) is 2.86. The van der Waals surface area contributed by atoms with Gasteiger partial charge in [0.25, 0.3) is 0 Å². The molecule has 4 nitrogen and oxygen atoms in total. The summed E-state index contributed by atoms with van der Waals surface area (Å²) in [5.74, 6) is -0.261. The normalized spacial score (nSPS) is 16.2. The van der Waals surface area contributed by atoms with E-state index in [1.165, 1.54) is 24.5 Å². The fraction of sp³-hybridized carbons (Fsp3) is 0.333. The lowest BCUT2D eigenvalue weighted by atomic mass is 9.73. The minimum absolute atomic E-state index is 0.00176. The van der Waals surface area contributed by atoms with Crippen molar-refractivity contribution in [3.8, 4) is 0 Å². The van der Waals surface area contributed by atoms with Crippen molar-refractivity contribution in [3.05, 3.63) is 78.4 Å². The summed E-state index contributed by atoms with van der Waals surface area (Å²) in [6.45, 7) is 5.58. The number of rotatable bonds is 7. The molecule has 3 rings (SSSR count). The third-order valence-electron chi connectivity index (χ3n) is 5.80. The summed E-state index contributed by atoms with van der Waals surface area (Å²) in [5, 5.41) is 5.97. The number of hydrogen-bond donors (Lipinski definition) is 2. The van der Waals surface area contributed by atoms with Crippen LogP contribution < -0.4 is 10.6 Å². The Hall–Kier alpha value is -2.88. The molecule has 1 unspecified atom stereocenters. The van der Waals surface area contributed by atoms with Gasteiger partial charge in [0, 0.05) is 17.1 Å². The molecule has 0 aromatic heterocycles. The molecule has 2 amide bonds. The Kier molecular flexibility index (Phi) is 6.30. The van der Waals surface area contributed by atoms with Crippen molar-refractivity contribution >= 4 is 17.5 Å². The number of anilines is 1. The second-order valence-electron chi connectivity index (χ2n) is 7.59. The van der Waals surface area contributed by atoms with E-state index < -0.39 is 0 Å². The molecule has 1 saturated carbocycles. The van der Waals surface area contributed by atoms with Crippen LogP contribution in [0.3, 0.4) is 0 Å². The number of amides is 2. The molecule has 1 fully saturated rings. The van der Waals surface area contributed by atoms with Crippen molar-refractivity contribution < 1.29 is 9.59 Å². The molecule has 0 spiro atoms. The third kappa shape index (κ3) is 4.50. The van der Waals surface area contributed by atoms with Crippen LogP contribution >= 0.6 is 0 Å². The van der Waals surface area contributed by atoms with E-state index in [9.17, 15) is 9.59 Å². The first-order valence-electron chi connectivity index (χ1n) is 9.91. The highest BCUT2D eigenvalue weighted by Gasteiger charge is 2.41. The molecule has 0 radical (unpaired) electrons. The van der Waals surface area contributed by atoms with Crippen molar-refractivity contribution in [2.24, 2.45) is 0 Å². The second-order valence-corrected chi connectivity index (χ2v) is 7.59. The number of carbonyl (C=O) groups is 2. The van der Waals surface area contributed by atoms with E-state index >= 15 is 0 Å². The number of hydrogen-bond acceptors (Lipinski definition) is 2. The summed E-state index contributed by atoms with van der Waals surface area (Å²) in [4.78, 5) is 24.2. The maximum absolute atomic E-state index is 12.7. The predicted molar refractivity (Wildman–Crippen MR) is 113 cm³/mol. The van der Waals surface area contributed by atoms with Gasteiger partial charge in [-0.15, -0.1) is 0 Å². The molecule has 0 heterocycles. The smallest absolute Gasteiger partial charge is 0.247 e. The zero-order chi connectivity index (χ0) is 20.0. The highest BCUT2D eigenvalue weighted by molar-refractivity contribution is 5.98. The zero-order valence-electron chi connectivity index (χ0n) is 16.4. The Bertz CT molecular complexity index is 839. The Balaban J connectivity index is 1.68. The van der Waals surface area contributed by atoms with E-state index in [0.717, 1.165) is 18.4 Å². The molecule has 146 valence electrons. The number of nitrogens with one attached hydrogen (secondary N) is 2. The lowest BCUT2D eigenvalue weighted by Gasteiger charge is -2.36. The summed E-state index contributed by atoms with van der Waals surface area (Å²) < 4.78 is 0. The van der Waals surface area contributed by atoms with E-state index in [2.05, 4.69) is 48.4 Å². The molecule has 0 saturated heterocycles. The summed E-state index contributed by atoms with van der Waals surface area (Å²) in [7, 11) is 0. The molecular weight excluding hydrogens is 348 g/mol. The minimum Gasteiger partial charge on any atom is -0.352 e. The summed E-state index contributed by atoms with van der Waals surface area (Å²) in [6, 6.07) is 18.0. The van der Waals surface area contributed by atoms with Crippen molar-refractivity contribution in [2.75, 3.05) is 5.32 Å². The van der Waals surface area contributed by atoms with Gasteiger partial charge in [-0.25, -0.2) is 0 Å². The lowest BCUT2D eigenvalue weighted by Crippen LogP contribution is -2.47. The molecule has 4 heteroatoms.